The molecule has 5 rings (SSSR count). The average molecular weight is 574 g/mol. The largest absolute Gasteiger partial charge is 0.491 e. The van der Waals surface area contributed by atoms with E-state index in [0.29, 0.717) is 22.3 Å². The van der Waals surface area contributed by atoms with E-state index in [1.807, 2.05) is 0 Å². The van der Waals surface area contributed by atoms with Gasteiger partial charge >= 0.3 is 0 Å². The molecule has 2 aromatic carbocycles. The summed E-state index contributed by atoms with van der Waals surface area (Å²) >= 11 is 0. The first kappa shape index (κ1) is 28.0. The second-order valence-corrected chi connectivity index (χ2v) is 9.23. The van der Waals surface area contributed by atoms with Crippen LogP contribution in [0.4, 0.5) is 14.5 Å². The SMILES string of the molecule is COc1cc2nccc(Oc3ccc(NC(=O)c4cn(N(C)C)cc(-c5ccc(F)cc5)c4=O)cc3F)c2nc1OC. The minimum absolute atomic E-state index is 0.0944. The number of hydrogen-bond acceptors (Lipinski definition) is 8. The van der Waals surface area contributed by atoms with Crippen molar-refractivity contribution >= 4 is 22.6 Å². The fourth-order valence-electron chi connectivity index (χ4n) is 4.16. The summed E-state index contributed by atoms with van der Waals surface area (Å²) in [4.78, 5) is 35.1. The Balaban J connectivity index is 1.43. The van der Waals surface area contributed by atoms with Crippen molar-refractivity contribution < 1.29 is 27.8 Å². The van der Waals surface area contributed by atoms with E-state index < -0.39 is 23.0 Å². The van der Waals surface area contributed by atoms with Gasteiger partial charge in [-0.2, -0.15) is 0 Å². The lowest BCUT2D eigenvalue weighted by Gasteiger charge is -2.19. The van der Waals surface area contributed by atoms with Crippen LogP contribution in [0.25, 0.3) is 22.2 Å². The number of pyridine rings is 3. The molecule has 0 radical (unpaired) electrons. The van der Waals surface area contributed by atoms with Crippen molar-refractivity contribution in [3.63, 3.8) is 0 Å². The Bertz CT molecular complexity index is 1860. The summed E-state index contributed by atoms with van der Waals surface area (Å²) in [6.07, 6.45) is 4.39. The van der Waals surface area contributed by atoms with Gasteiger partial charge in [0.15, 0.2) is 23.1 Å². The Labute approximate surface area is 238 Å². The summed E-state index contributed by atoms with van der Waals surface area (Å²) in [5, 5.41) is 4.21. The van der Waals surface area contributed by atoms with Crippen molar-refractivity contribution in [1.82, 2.24) is 14.6 Å². The van der Waals surface area contributed by atoms with Gasteiger partial charge in [-0.3, -0.25) is 19.2 Å². The molecule has 3 heterocycles. The molecular formula is C30H25F2N5O5. The van der Waals surface area contributed by atoms with Crippen molar-refractivity contribution in [1.29, 1.82) is 0 Å². The van der Waals surface area contributed by atoms with E-state index in [0.717, 1.165) is 6.07 Å². The zero-order valence-corrected chi connectivity index (χ0v) is 23.0. The third-order valence-electron chi connectivity index (χ3n) is 6.30. The van der Waals surface area contributed by atoms with E-state index in [9.17, 15) is 14.0 Å². The quantitative estimate of drug-likeness (QED) is 0.277. The molecule has 1 amide bonds. The fourth-order valence-corrected chi connectivity index (χ4v) is 4.16. The van der Waals surface area contributed by atoms with Crippen LogP contribution in [0.2, 0.25) is 0 Å². The van der Waals surface area contributed by atoms with Gasteiger partial charge in [-0.25, -0.2) is 13.8 Å². The molecule has 0 aliphatic carbocycles. The number of nitrogens with one attached hydrogen (secondary N) is 1. The van der Waals surface area contributed by atoms with E-state index in [-0.39, 0.29) is 34.2 Å². The van der Waals surface area contributed by atoms with Crippen LogP contribution in [-0.2, 0) is 0 Å². The lowest BCUT2D eigenvalue weighted by Crippen LogP contribution is -2.31. The third kappa shape index (κ3) is 5.55. The first-order chi connectivity index (χ1) is 20.2. The molecule has 0 unspecified atom stereocenters. The zero-order chi connectivity index (χ0) is 30.0. The molecule has 42 heavy (non-hydrogen) atoms. The first-order valence-corrected chi connectivity index (χ1v) is 12.5. The minimum atomic E-state index is -0.774. The number of amides is 1. The standard InChI is InChI=1S/C30H25F2N5O5/c1-36(2)37-15-20(17-5-7-18(31)8-6-17)28(38)21(16-37)29(39)34-19-9-10-24(22(32)13-19)42-25-11-12-33-23-14-26(40-3)30(41-4)35-27(23)25/h5-16H,1-4H3,(H,34,39). The van der Waals surface area contributed by atoms with Gasteiger partial charge in [0.05, 0.1) is 19.7 Å². The highest BCUT2D eigenvalue weighted by atomic mass is 19.1. The van der Waals surface area contributed by atoms with Crippen LogP contribution in [0, 0.1) is 11.6 Å². The van der Waals surface area contributed by atoms with Crippen LogP contribution in [0.1, 0.15) is 10.4 Å². The number of carbonyl (C=O) groups is 1. The van der Waals surface area contributed by atoms with Gasteiger partial charge in [-0.1, -0.05) is 12.1 Å². The Morgan fingerprint density at radius 2 is 1.69 bits per heavy atom. The van der Waals surface area contributed by atoms with Crippen LogP contribution in [0.15, 0.2) is 78.0 Å². The predicted octanol–water partition coefficient (Wildman–Crippen LogP) is 5.00. The fraction of sp³-hybridized carbons (Fsp3) is 0.133. The maximum Gasteiger partial charge on any atom is 0.261 e. The van der Waals surface area contributed by atoms with Crippen molar-refractivity contribution in [2.45, 2.75) is 0 Å². The molecule has 10 nitrogen and oxygen atoms in total. The smallest absolute Gasteiger partial charge is 0.261 e. The van der Waals surface area contributed by atoms with Crippen molar-refractivity contribution in [2.75, 3.05) is 38.6 Å². The number of carbonyl (C=O) groups excluding carboxylic acids is 1. The summed E-state index contributed by atoms with van der Waals surface area (Å²) in [7, 11) is 6.36. The number of benzene rings is 2. The molecule has 0 aliphatic rings. The number of ether oxygens (including phenoxy) is 3. The predicted molar refractivity (Wildman–Crippen MR) is 153 cm³/mol. The third-order valence-corrected chi connectivity index (χ3v) is 6.30. The van der Waals surface area contributed by atoms with Crippen LogP contribution >= 0.6 is 0 Å². The second-order valence-electron chi connectivity index (χ2n) is 9.23. The first-order valence-electron chi connectivity index (χ1n) is 12.5. The number of fused-ring (bicyclic) bond motifs is 1. The number of rotatable bonds is 8. The molecule has 0 aliphatic heterocycles. The van der Waals surface area contributed by atoms with Gasteiger partial charge in [0.2, 0.25) is 5.43 Å². The summed E-state index contributed by atoms with van der Waals surface area (Å²) in [5.41, 5.74) is 0.738. The Morgan fingerprint density at radius 1 is 0.929 bits per heavy atom. The van der Waals surface area contributed by atoms with Crippen LogP contribution in [0.3, 0.4) is 0 Å². The zero-order valence-electron chi connectivity index (χ0n) is 23.0. The molecule has 0 saturated carbocycles. The van der Waals surface area contributed by atoms with Crippen molar-refractivity contribution in [3.8, 4) is 34.3 Å². The summed E-state index contributed by atoms with van der Waals surface area (Å²) < 4.78 is 46.5. The number of hydrogen-bond donors (Lipinski definition) is 1. The van der Waals surface area contributed by atoms with E-state index in [2.05, 4.69) is 15.3 Å². The molecule has 0 bridgehead atoms. The van der Waals surface area contributed by atoms with Crippen molar-refractivity contribution in [3.05, 3.63) is 101 Å². The van der Waals surface area contributed by atoms with Crippen LogP contribution in [-0.4, -0.2) is 48.9 Å². The molecule has 12 heteroatoms. The molecule has 5 aromatic rings. The number of aromatic nitrogens is 3. The van der Waals surface area contributed by atoms with Gasteiger partial charge < -0.3 is 24.5 Å². The number of methoxy groups -OCH3 is 2. The molecule has 0 saturated heterocycles. The summed E-state index contributed by atoms with van der Waals surface area (Å²) in [6.45, 7) is 0. The maximum absolute atomic E-state index is 15.2. The minimum Gasteiger partial charge on any atom is -0.491 e. The summed E-state index contributed by atoms with van der Waals surface area (Å²) in [6, 6.07) is 12.4. The van der Waals surface area contributed by atoms with Gasteiger partial charge in [0.1, 0.15) is 16.9 Å². The monoisotopic (exact) mass is 573 g/mol. The Hall–Kier alpha value is -5.52. The normalized spacial score (nSPS) is 10.8. The lowest BCUT2D eigenvalue weighted by molar-refractivity contribution is 0.102. The molecule has 0 atom stereocenters. The van der Waals surface area contributed by atoms with Gasteiger partial charge in [-0.15, -0.1) is 0 Å². The number of halogens is 2. The Kier molecular flexibility index (Phi) is 7.69. The lowest BCUT2D eigenvalue weighted by atomic mass is 10.0. The van der Waals surface area contributed by atoms with Gasteiger partial charge in [-0.05, 0) is 29.8 Å². The highest BCUT2D eigenvalue weighted by Crippen LogP contribution is 2.35. The highest BCUT2D eigenvalue weighted by Gasteiger charge is 2.19. The average Bonchev–Trinajstić information content (AvgIpc) is 2.98. The van der Waals surface area contributed by atoms with Crippen LogP contribution < -0.4 is 30.0 Å². The molecule has 0 fully saturated rings. The maximum atomic E-state index is 15.2. The molecule has 0 spiro atoms. The number of anilines is 1. The van der Waals surface area contributed by atoms with E-state index in [1.54, 1.807) is 36.0 Å². The molecule has 3 aromatic heterocycles. The number of nitrogens with zero attached hydrogens (tertiary/aromatic N) is 4. The van der Waals surface area contributed by atoms with Crippen LogP contribution in [0.5, 0.6) is 23.1 Å². The van der Waals surface area contributed by atoms with E-state index in [4.69, 9.17) is 14.2 Å². The molecular weight excluding hydrogens is 548 g/mol. The topological polar surface area (TPSA) is 108 Å². The van der Waals surface area contributed by atoms with E-state index >= 15 is 4.39 Å². The molecule has 1 N–H and O–H groups in total. The Morgan fingerprint density at radius 3 is 2.36 bits per heavy atom. The second kappa shape index (κ2) is 11.5. The molecule has 214 valence electrons. The summed E-state index contributed by atoms with van der Waals surface area (Å²) in [5.74, 6) is -1.31. The van der Waals surface area contributed by atoms with Gasteiger partial charge in [0, 0.05) is 62.1 Å². The highest BCUT2D eigenvalue weighted by molar-refractivity contribution is 6.04. The van der Waals surface area contributed by atoms with Crippen molar-refractivity contribution in [2.24, 2.45) is 0 Å². The van der Waals surface area contributed by atoms with E-state index in [1.165, 1.54) is 69.1 Å². The van der Waals surface area contributed by atoms with Gasteiger partial charge in [0.25, 0.3) is 11.8 Å².